The van der Waals surface area contributed by atoms with E-state index in [0.29, 0.717) is 27.6 Å². The Morgan fingerprint density at radius 2 is 1.92 bits per heavy atom. The first-order valence-electron chi connectivity index (χ1n) is 21.2. The lowest BCUT2D eigenvalue weighted by Crippen LogP contribution is -2.68. The SMILES string of the molecule is COC(=O)NC1C(=O)C[C@H](O)/C(=C/CS(C)=S)C2=C1C#C/C=C\C#C[C@@H]2OC1OC(C)C(SC)(C(=O)c2nccc3c2[nH]c2ccc(O)cc23)C(O)C1OC1CC(OC)C(OC(C)C)CO1. The zero-order chi connectivity index (χ0) is 47.4. The molecule has 0 saturated carbocycles. The molecule has 2 aliphatic heterocycles. The van der Waals surface area contributed by atoms with Crippen LogP contribution in [0.1, 0.15) is 44.1 Å². The normalized spacial score (nSPS) is 31.7. The number of nitrogens with zero attached hydrogens (tertiary/aromatic N) is 1. The van der Waals surface area contributed by atoms with Crippen molar-refractivity contribution in [3.8, 4) is 29.4 Å². The summed E-state index contributed by atoms with van der Waals surface area (Å²) < 4.78 is 41.5. The van der Waals surface area contributed by atoms with Crippen LogP contribution in [0.4, 0.5) is 4.79 Å². The van der Waals surface area contributed by atoms with E-state index in [9.17, 15) is 24.9 Å². The molecule has 19 heteroatoms. The number of nitrogens with one attached hydrogen (secondary N) is 2. The second kappa shape index (κ2) is 21.2. The number of carbonyl (C=O) groups excluding carboxylic acids is 3. The first-order chi connectivity index (χ1) is 31.6. The van der Waals surface area contributed by atoms with Crippen molar-refractivity contribution in [2.24, 2.45) is 0 Å². The first-order valence-corrected chi connectivity index (χ1v) is 25.2. The highest BCUT2D eigenvalue weighted by molar-refractivity contribution is 8.28. The number of phenols is 1. The molecule has 1 amide bonds. The number of aromatic amines is 1. The number of aromatic nitrogens is 2. The van der Waals surface area contributed by atoms with Crippen LogP contribution in [-0.4, -0.2) is 154 Å². The summed E-state index contributed by atoms with van der Waals surface area (Å²) in [5, 5.41) is 38.9. The summed E-state index contributed by atoms with van der Waals surface area (Å²) in [7, 11) is 2.14. The van der Waals surface area contributed by atoms with Crippen molar-refractivity contribution in [1.29, 1.82) is 0 Å². The smallest absolute Gasteiger partial charge is 0.407 e. The predicted molar refractivity (Wildman–Crippen MR) is 251 cm³/mol. The van der Waals surface area contributed by atoms with Crippen LogP contribution in [0, 0.1) is 23.7 Å². The van der Waals surface area contributed by atoms with Gasteiger partial charge in [0.25, 0.3) is 0 Å². The number of phenolic OH excluding ortho intramolecular Hbond substituents is 1. The number of ketones is 2. The molecular formula is C47H53N3O13S3. The maximum atomic E-state index is 15.3. The van der Waals surface area contributed by atoms with Crippen LogP contribution in [0.3, 0.4) is 0 Å². The average Bonchev–Trinajstić information content (AvgIpc) is 3.66. The monoisotopic (exact) mass is 963 g/mol. The molecule has 352 valence electrons. The number of allylic oxidation sites excluding steroid dienone is 2. The van der Waals surface area contributed by atoms with Crippen LogP contribution in [0.5, 0.6) is 5.75 Å². The Bertz CT molecular complexity index is 2610. The minimum absolute atomic E-state index is 0.0159. The number of amides is 1. The summed E-state index contributed by atoms with van der Waals surface area (Å²) >= 11 is 6.59. The number of aliphatic hydroxyl groups excluding tert-OH is 2. The number of methoxy groups -OCH3 is 2. The largest absolute Gasteiger partial charge is 0.508 e. The number of carbonyl (C=O) groups is 3. The maximum absolute atomic E-state index is 15.3. The summed E-state index contributed by atoms with van der Waals surface area (Å²) in [5.41, 5.74) is 1.56. The van der Waals surface area contributed by atoms with Crippen molar-refractivity contribution < 1.29 is 62.9 Å². The second-order valence-electron chi connectivity index (χ2n) is 16.3. The number of aliphatic hydroxyl groups is 2. The highest BCUT2D eigenvalue weighted by Gasteiger charge is 2.61. The second-order valence-corrected chi connectivity index (χ2v) is 20.6. The van der Waals surface area contributed by atoms with Gasteiger partial charge in [-0.15, -0.1) is 21.2 Å². The van der Waals surface area contributed by atoms with Crippen molar-refractivity contribution >= 4 is 71.9 Å². The Hall–Kier alpha value is -4.48. The minimum Gasteiger partial charge on any atom is -0.508 e. The van der Waals surface area contributed by atoms with Gasteiger partial charge in [0, 0.05) is 59.3 Å². The highest BCUT2D eigenvalue weighted by atomic mass is 32.8. The summed E-state index contributed by atoms with van der Waals surface area (Å²) in [6.45, 7) is 5.52. The van der Waals surface area contributed by atoms with Crippen molar-refractivity contribution in [2.75, 3.05) is 39.1 Å². The molecule has 4 heterocycles. The molecule has 2 saturated heterocycles. The Morgan fingerprint density at radius 1 is 1.15 bits per heavy atom. The van der Waals surface area contributed by atoms with Crippen LogP contribution in [0.2, 0.25) is 0 Å². The van der Waals surface area contributed by atoms with Gasteiger partial charge in [0.1, 0.15) is 46.6 Å². The molecule has 4 aliphatic rings. The van der Waals surface area contributed by atoms with Crippen LogP contribution in [0.15, 0.2) is 65.4 Å². The van der Waals surface area contributed by atoms with E-state index in [1.54, 1.807) is 44.6 Å². The molecule has 1 aromatic carbocycles. The van der Waals surface area contributed by atoms with E-state index < -0.39 is 99.6 Å². The van der Waals surface area contributed by atoms with Crippen molar-refractivity contribution in [3.63, 3.8) is 0 Å². The summed E-state index contributed by atoms with van der Waals surface area (Å²) in [6, 6.07) is 5.16. The molecule has 2 aromatic heterocycles. The van der Waals surface area contributed by atoms with Gasteiger partial charge < -0.3 is 58.8 Å². The number of Topliss-reactive ketones (excluding diaryl/α,β-unsaturated/α-hetero) is 2. The fraction of sp³-hybridized carbons (Fsp3) is 0.489. The quantitative estimate of drug-likeness (QED) is 0.122. The number of alkyl carbamates (subject to hydrolysis) is 1. The molecule has 2 fully saturated rings. The number of H-pyrrole nitrogens is 1. The Morgan fingerprint density at radius 3 is 2.64 bits per heavy atom. The molecule has 16 nitrogen and oxygen atoms in total. The third kappa shape index (κ3) is 10.0. The van der Waals surface area contributed by atoms with Gasteiger partial charge >= 0.3 is 6.09 Å². The van der Waals surface area contributed by atoms with Crippen LogP contribution >= 0.6 is 11.8 Å². The number of fused-ring (bicyclic) bond motifs is 3. The van der Waals surface area contributed by atoms with E-state index in [1.165, 1.54) is 24.4 Å². The standard InChI is InChI=1S/C47H53N3O13S3/c1-24(2)60-36-23-59-37(22-35(36)57-4)63-42-44(55)47(65-6,43(54)41-40-27(16-18-48-41)30-20-26(51)14-15-31(30)49-40)25(3)61-45(42)62-34-13-11-9-8-10-12-29-38(34)28(17-19-66(7)64)32(52)21-33(53)39(29)50-46(56)58-5/h8-9,14-18,20,24-25,32,34-37,39,42,44-45,49,51-52,55H,19,21-23H2,1-7H3,(H,50,56)/b9-8-,28-17-/t25?,32-,34-,35?,36?,37?,39?,42?,44?,45?,47?,66?/m0/s1. The number of aromatic hydroxyl groups is 1. The molecule has 12 atom stereocenters. The van der Waals surface area contributed by atoms with Gasteiger partial charge in [0.2, 0.25) is 5.78 Å². The van der Waals surface area contributed by atoms with Gasteiger partial charge in [-0.05, 0) is 75.3 Å². The molecule has 0 spiro atoms. The van der Waals surface area contributed by atoms with E-state index in [2.05, 4.69) is 39.0 Å². The van der Waals surface area contributed by atoms with E-state index >= 15 is 4.79 Å². The van der Waals surface area contributed by atoms with Crippen molar-refractivity contribution in [3.05, 3.63) is 71.1 Å². The third-order valence-corrected chi connectivity index (χ3v) is 14.4. The highest BCUT2D eigenvalue weighted by Crippen LogP contribution is 2.46. The van der Waals surface area contributed by atoms with Crippen LogP contribution in [-0.2, 0) is 58.6 Å². The summed E-state index contributed by atoms with van der Waals surface area (Å²) in [6.07, 6.45) is -2.16. The maximum Gasteiger partial charge on any atom is 0.407 e. The lowest BCUT2D eigenvalue weighted by Gasteiger charge is -2.51. The van der Waals surface area contributed by atoms with Crippen LogP contribution < -0.4 is 5.32 Å². The Kier molecular flexibility index (Phi) is 15.9. The number of pyridine rings is 1. The van der Waals surface area contributed by atoms with Crippen molar-refractivity contribution in [1.82, 2.24) is 15.3 Å². The molecule has 10 unspecified atom stereocenters. The van der Waals surface area contributed by atoms with E-state index in [4.69, 9.17) is 44.3 Å². The van der Waals surface area contributed by atoms with E-state index in [1.807, 2.05) is 20.1 Å². The predicted octanol–water partition coefficient (Wildman–Crippen LogP) is 3.71. The number of thioether (sulfide) groups is 1. The van der Waals surface area contributed by atoms with Gasteiger partial charge in [-0.25, -0.2) is 4.79 Å². The van der Waals surface area contributed by atoms with Gasteiger partial charge in [-0.1, -0.05) is 40.9 Å². The first kappa shape index (κ1) is 49.4. The zero-order valence-electron chi connectivity index (χ0n) is 37.4. The van der Waals surface area contributed by atoms with Crippen molar-refractivity contribution in [2.45, 2.75) is 106 Å². The van der Waals surface area contributed by atoms with Gasteiger partial charge in [-0.3, -0.25) is 14.6 Å². The molecule has 2 aliphatic carbocycles. The zero-order valence-corrected chi connectivity index (χ0v) is 39.8. The molecular weight excluding hydrogens is 911 g/mol. The molecule has 7 rings (SSSR count). The fourth-order valence-electron chi connectivity index (χ4n) is 8.76. The van der Waals surface area contributed by atoms with E-state index in [0.717, 1.165) is 18.9 Å². The Balaban J connectivity index is 1.36. The molecule has 0 bridgehead atoms. The van der Waals surface area contributed by atoms with Crippen LogP contribution in [0.25, 0.3) is 21.8 Å². The molecule has 0 radical (unpaired) electrons. The van der Waals surface area contributed by atoms with Gasteiger partial charge in [0.05, 0.1) is 43.6 Å². The fourth-order valence-corrected chi connectivity index (χ4v) is 10.4. The third-order valence-electron chi connectivity index (χ3n) is 11.9. The lowest BCUT2D eigenvalue weighted by atomic mass is 9.83. The topological polar surface area (TPSA) is 217 Å². The van der Waals surface area contributed by atoms with Gasteiger partial charge in [0.15, 0.2) is 18.4 Å². The number of ether oxygens (including phenoxy) is 7. The number of hydrogen-bond donors (Lipinski definition) is 5. The summed E-state index contributed by atoms with van der Waals surface area (Å²) in [5.74, 6) is 11.1. The number of rotatable bonds is 13. The molecule has 3 aromatic rings. The molecule has 5 N–H and O–H groups in total. The lowest BCUT2D eigenvalue weighted by molar-refractivity contribution is -0.328. The number of benzene rings is 1. The molecule has 66 heavy (non-hydrogen) atoms. The summed E-state index contributed by atoms with van der Waals surface area (Å²) in [4.78, 5) is 49.8. The average molecular weight is 964 g/mol. The minimum atomic E-state index is -1.79. The Labute approximate surface area is 393 Å². The van der Waals surface area contributed by atoms with E-state index in [-0.39, 0.29) is 47.3 Å². The van der Waals surface area contributed by atoms with Gasteiger partial charge in [-0.2, -0.15) is 0 Å². The number of hydrogen-bond acceptors (Lipinski definition) is 16.